The van der Waals surface area contributed by atoms with E-state index in [0.717, 1.165) is 19.3 Å². The summed E-state index contributed by atoms with van der Waals surface area (Å²) in [6.45, 7) is 0.446. The molecule has 2 atom stereocenters. The van der Waals surface area contributed by atoms with Crippen LogP contribution in [0.1, 0.15) is 29.6 Å². The number of nitrogens with one attached hydrogen (secondary N) is 1. The number of nitrogens with zero attached hydrogens (tertiary/aromatic N) is 1. The summed E-state index contributed by atoms with van der Waals surface area (Å²) in [4.78, 5) is 23.6. The van der Waals surface area contributed by atoms with Gasteiger partial charge in [0.05, 0.1) is 11.7 Å². The largest absolute Gasteiger partial charge is 0.393 e. The molecule has 0 aromatic carbocycles. The monoisotopic (exact) mass is 328 g/mol. The Bertz CT molecular complexity index is 541. The van der Waals surface area contributed by atoms with Gasteiger partial charge < -0.3 is 15.0 Å². The molecule has 1 saturated carbocycles. The standard InChI is InChI=1S/C13H17BrN2O3/c1-16-7-10(14)9(5-12(16)18)13(19)15-6-8-3-2-4-11(8)17/h5,7-8,11,17H,2-4,6H2,1H3,(H,15,19)/t8-,11+/m0/s1. The van der Waals surface area contributed by atoms with Gasteiger partial charge in [0.1, 0.15) is 0 Å². The van der Waals surface area contributed by atoms with Crippen molar-refractivity contribution in [2.24, 2.45) is 13.0 Å². The Kier molecular flexibility index (Phi) is 4.42. The highest BCUT2D eigenvalue weighted by molar-refractivity contribution is 9.10. The Balaban J connectivity index is 2.04. The lowest BCUT2D eigenvalue weighted by atomic mass is 10.1. The molecule has 1 aromatic heterocycles. The van der Waals surface area contributed by atoms with Crippen LogP contribution in [0, 0.1) is 5.92 Å². The zero-order chi connectivity index (χ0) is 14.0. The zero-order valence-electron chi connectivity index (χ0n) is 10.7. The Morgan fingerprint density at radius 3 is 2.95 bits per heavy atom. The number of pyridine rings is 1. The number of aliphatic hydroxyl groups is 1. The van der Waals surface area contributed by atoms with Gasteiger partial charge in [-0.1, -0.05) is 6.42 Å². The van der Waals surface area contributed by atoms with E-state index < -0.39 is 0 Å². The lowest BCUT2D eigenvalue weighted by Crippen LogP contribution is -2.33. The summed E-state index contributed by atoms with van der Waals surface area (Å²) in [6.07, 6.45) is 3.97. The first kappa shape index (κ1) is 14.3. The van der Waals surface area contributed by atoms with E-state index in [0.29, 0.717) is 16.6 Å². The fraction of sp³-hybridized carbons (Fsp3) is 0.538. The first-order valence-electron chi connectivity index (χ1n) is 6.31. The second-order valence-electron chi connectivity index (χ2n) is 4.95. The minimum atomic E-state index is -0.326. The van der Waals surface area contributed by atoms with Gasteiger partial charge >= 0.3 is 0 Å². The zero-order valence-corrected chi connectivity index (χ0v) is 12.3. The maximum absolute atomic E-state index is 12.0. The molecule has 6 heteroatoms. The Morgan fingerprint density at radius 2 is 2.32 bits per heavy atom. The molecule has 0 bridgehead atoms. The normalized spacial score (nSPS) is 22.5. The molecule has 1 aliphatic rings. The number of carbonyl (C=O) groups excluding carboxylic acids is 1. The molecule has 0 spiro atoms. The van der Waals surface area contributed by atoms with Crippen LogP contribution in [0.5, 0.6) is 0 Å². The van der Waals surface area contributed by atoms with Crippen molar-refractivity contribution in [1.82, 2.24) is 9.88 Å². The SMILES string of the molecule is Cn1cc(Br)c(C(=O)NC[C@@H]2CCC[C@H]2O)cc1=O. The van der Waals surface area contributed by atoms with Crippen molar-refractivity contribution >= 4 is 21.8 Å². The van der Waals surface area contributed by atoms with Crippen LogP contribution in [-0.4, -0.2) is 28.2 Å². The number of rotatable bonds is 3. The van der Waals surface area contributed by atoms with Gasteiger partial charge in [-0.15, -0.1) is 0 Å². The van der Waals surface area contributed by atoms with Gasteiger partial charge in [0, 0.05) is 36.2 Å². The van der Waals surface area contributed by atoms with E-state index in [4.69, 9.17) is 0 Å². The first-order chi connectivity index (χ1) is 8.99. The summed E-state index contributed by atoms with van der Waals surface area (Å²) in [5.74, 6) is -0.169. The molecule has 104 valence electrons. The average Bonchev–Trinajstić information content (AvgIpc) is 2.76. The number of aromatic nitrogens is 1. The molecule has 0 saturated heterocycles. The fourth-order valence-corrected chi connectivity index (χ4v) is 2.95. The van der Waals surface area contributed by atoms with E-state index >= 15 is 0 Å². The highest BCUT2D eigenvalue weighted by Gasteiger charge is 2.25. The molecule has 1 amide bonds. The van der Waals surface area contributed by atoms with Crippen LogP contribution in [0.15, 0.2) is 21.5 Å². The van der Waals surface area contributed by atoms with Crippen molar-refractivity contribution in [2.75, 3.05) is 6.54 Å². The van der Waals surface area contributed by atoms with Crippen LogP contribution < -0.4 is 10.9 Å². The summed E-state index contributed by atoms with van der Waals surface area (Å²) in [7, 11) is 1.63. The molecular weight excluding hydrogens is 312 g/mol. The minimum Gasteiger partial charge on any atom is -0.393 e. The lowest BCUT2D eigenvalue weighted by Gasteiger charge is -2.15. The van der Waals surface area contributed by atoms with Gasteiger partial charge in [-0.2, -0.15) is 0 Å². The first-order valence-corrected chi connectivity index (χ1v) is 7.11. The molecule has 0 aliphatic heterocycles. The summed E-state index contributed by atoms with van der Waals surface area (Å²) in [5, 5.41) is 12.5. The smallest absolute Gasteiger partial charge is 0.252 e. The minimum absolute atomic E-state index is 0.120. The highest BCUT2D eigenvalue weighted by atomic mass is 79.9. The molecule has 19 heavy (non-hydrogen) atoms. The van der Waals surface area contributed by atoms with Crippen molar-refractivity contribution in [3.63, 3.8) is 0 Å². The maximum Gasteiger partial charge on any atom is 0.252 e. The number of halogens is 1. The van der Waals surface area contributed by atoms with E-state index in [-0.39, 0.29) is 23.5 Å². The molecule has 2 N–H and O–H groups in total. The van der Waals surface area contributed by atoms with Gasteiger partial charge in [-0.25, -0.2) is 0 Å². The summed E-state index contributed by atoms with van der Waals surface area (Å²) < 4.78 is 1.99. The fourth-order valence-electron chi connectivity index (χ4n) is 2.35. The molecule has 5 nitrogen and oxygen atoms in total. The molecule has 1 aromatic rings. The van der Waals surface area contributed by atoms with E-state index in [1.165, 1.54) is 10.6 Å². The number of hydrogen-bond donors (Lipinski definition) is 2. The average molecular weight is 329 g/mol. The van der Waals surface area contributed by atoms with Crippen LogP contribution in [0.25, 0.3) is 0 Å². The predicted molar refractivity (Wildman–Crippen MR) is 75.1 cm³/mol. The van der Waals surface area contributed by atoms with Crippen LogP contribution in [0.4, 0.5) is 0 Å². The number of carbonyl (C=O) groups is 1. The maximum atomic E-state index is 12.0. The number of aliphatic hydroxyl groups excluding tert-OH is 1. The van der Waals surface area contributed by atoms with Crippen LogP contribution >= 0.6 is 15.9 Å². The van der Waals surface area contributed by atoms with E-state index in [1.807, 2.05) is 0 Å². The van der Waals surface area contributed by atoms with Crippen LogP contribution in [0.2, 0.25) is 0 Å². The van der Waals surface area contributed by atoms with Gasteiger partial charge in [-0.3, -0.25) is 9.59 Å². The molecular formula is C13H17BrN2O3. The second-order valence-corrected chi connectivity index (χ2v) is 5.81. The Labute approximate surface area is 119 Å². The van der Waals surface area contributed by atoms with Crippen molar-refractivity contribution < 1.29 is 9.90 Å². The second kappa shape index (κ2) is 5.88. The topological polar surface area (TPSA) is 71.3 Å². The van der Waals surface area contributed by atoms with Crippen molar-refractivity contribution in [3.05, 3.63) is 32.7 Å². The third-order valence-corrected chi connectivity index (χ3v) is 4.20. The molecule has 1 aliphatic carbocycles. The predicted octanol–water partition coefficient (Wildman–Crippen LogP) is 1.04. The Morgan fingerprint density at radius 1 is 1.58 bits per heavy atom. The summed E-state index contributed by atoms with van der Waals surface area (Å²) in [5.41, 5.74) is 0.102. The van der Waals surface area contributed by atoms with Gasteiger partial charge in [0.15, 0.2) is 0 Å². The van der Waals surface area contributed by atoms with Crippen LogP contribution in [0.3, 0.4) is 0 Å². The number of hydrogen-bond acceptors (Lipinski definition) is 3. The Hall–Kier alpha value is -1.14. The van der Waals surface area contributed by atoms with Crippen LogP contribution in [-0.2, 0) is 7.05 Å². The van der Waals surface area contributed by atoms with E-state index in [2.05, 4.69) is 21.2 Å². The van der Waals surface area contributed by atoms with Crippen molar-refractivity contribution in [1.29, 1.82) is 0 Å². The van der Waals surface area contributed by atoms with Crippen molar-refractivity contribution in [2.45, 2.75) is 25.4 Å². The molecule has 1 heterocycles. The van der Waals surface area contributed by atoms with Gasteiger partial charge in [0.2, 0.25) is 0 Å². The number of amides is 1. The molecule has 0 radical (unpaired) electrons. The third kappa shape index (κ3) is 3.25. The highest BCUT2D eigenvalue weighted by Crippen LogP contribution is 2.24. The quantitative estimate of drug-likeness (QED) is 0.870. The van der Waals surface area contributed by atoms with Gasteiger partial charge in [0.25, 0.3) is 11.5 Å². The van der Waals surface area contributed by atoms with Gasteiger partial charge in [-0.05, 0) is 28.8 Å². The van der Waals surface area contributed by atoms with Crippen molar-refractivity contribution in [3.8, 4) is 0 Å². The molecule has 1 fully saturated rings. The lowest BCUT2D eigenvalue weighted by molar-refractivity contribution is 0.0915. The van der Waals surface area contributed by atoms with E-state index in [9.17, 15) is 14.7 Å². The summed E-state index contributed by atoms with van der Waals surface area (Å²) in [6, 6.07) is 1.31. The van der Waals surface area contributed by atoms with E-state index in [1.54, 1.807) is 13.2 Å². The molecule has 0 unspecified atom stereocenters. The summed E-state index contributed by atoms with van der Waals surface area (Å²) >= 11 is 3.28. The molecule has 2 rings (SSSR count). The third-order valence-electron chi connectivity index (χ3n) is 3.57. The number of aryl methyl sites for hydroxylation is 1.